The highest BCUT2D eigenvalue weighted by Crippen LogP contribution is 2.29. The molecule has 0 saturated carbocycles. The largest absolute Gasteiger partial charge is 0.378 e. The van der Waals surface area contributed by atoms with E-state index in [0.29, 0.717) is 24.6 Å². The maximum Gasteiger partial charge on any atom is 0.149 e. The van der Waals surface area contributed by atoms with Crippen molar-refractivity contribution in [2.75, 3.05) is 31.2 Å². The van der Waals surface area contributed by atoms with E-state index in [1.54, 1.807) is 0 Å². The van der Waals surface area contributed by atoms with Crippen LogP contribution in [0.5, 0.6) is 0 Å². The van der Waals surface area contributed by atoms with E-state index in [-0.39, 0.29) is 0 Å². The van der Waals surface area contributed by atoms with E-state index >= 15 is 0 Å². The number of aryl methyl sites for hydroxylation is 1. The minimum atomic E-state index is 0.481. The highest BCUT2D eigenvalue weighted by atomic mass is 16.5. The van der Waals surface area contributed by atoms with Crippen molar-refractivity contribution in [3.63, 3.8) is 0 Å². The molecule has 0 radical (unpaired) electrons. The zero-order chi connectivity index (χ0) is 20.5. The van der Waals surface area contributed by atoms with Crippen molar-refractivity contribution < 1.29 is 4.74 Å². The molecule has 6 nitrogen and oxygen atoms in total. The normalized spacial score (nSPS) is 14.9. The van der Waals surface area contributed by atoms with E-state index in [1.165, 1.54) is 5.56 Å². The van der Waals surface area contributed by atoms with Crippen LogP contribution < -0.4 is 4.90 Å². The molecule has 0 unspecified atom stereocenters. The van der Waals surface area contributed by atoms with Crippen LogP contribution in [0.4, 0.5) is 5.82 Å². The number of benzene rings is 2. The Labute approximate surface area is 174 Å². The lowest BCUT2D eigenvalue weighted by Gasteiger charge is -2.29. The first-order valence-corrected chi connectivity index (χ1v) is 10.0. The monoisotopic (exact) mass is 395 g/mol. The van der Waals surface area contributed by atoms with Crippen molar-refractivity contribution in [3.05, 3.63) is 65.5 Å². The van der Waals surface area contributed by atoms with Gasteiger partial charge in [0.25, 0.3) is 0 Å². The zero-order valence-electron chi connectivity index (χ0n) is 16.7. The standard InChI is InChI=1S/C24H21N5O/c1-16-6-7-20-17(12-16)13-18(24(28-20)29-8-10-30-11-9-29)14-19(15-25)23-26-21-4-2-3-5-22(21)27-23/h2-7,12-14H,8-11H2,1H3,(H,26,27)/b19-14-. The number of aromatic nitrogens is 3. The van der Waals surface area contributed by atoms with Crippen molar-refractivity contribution in [2.24, 2.45) is 0 Å². The fraction of sp³-hybridized carbons (Fsp3) is 0.208. The molecule has 1 aliphatic rings. The SMILES string of the molecule is Cc1ccc2nc(N3CCOCC3)c(/C=C(/C#N)c3nc4ccccc4[nH]3)cc2c1. The molecule has 2 aromatic carbocycles. The Morgan fingerprint density at radius 1 is 1.10 bits per heavy atom. The minimum absolute atomic E-state index is 0.481. The number of morpholine rings is 1. The summed E-state index contributed by atoms with van der Waals surface area (Å²) in [5.41, 5.74) is 5.27. The molecule has 0 spiro atoms. The van der Waals surface area contributed by atoms with Gasteiger partial charge in [0, 0.05) is 24.0 Å². The van der Waals surface area contributed by atoms with Gasteiger partial charge in [0.15, 0.2) is 0 Å². The molecular weight excluding hydrogens is 374 g/mol. The third kappa shape index (κ3) is 3.40. The number of nitriles is 1. The molecule has 1 N–H and O–H groups in total. The Morgan fingerprint density at radius 3 is 2.73 bits per heavy atom. The number of H-pyrrole nitrogens is 1. The van der Waals surface area contributed by atoms with Crippen molar-refractivity contribution in [1.82, 2.24) is 15.0 Å². The molecule has 0 aliphatic carbocycles. The fourth-order valence-electron chi connectivity index (χ4n) is 3.83. The molecule has 0 amide bonds. The molecule has 30 heavy (non-hydrogen) atoms. The van der Waals surface area contributed by atoms with E-state index in [9.17, 15) is 5.26 Å². The average molecular weight is 395 g/mol. The van der Waals surface area contributed by atoms with Crippen molar-refractivity contribution in [1.29, 1.82) is 5.26 Å². The highest BCUT2D eigenvalue weighted by Gasteiger charge is 2.18. The summed E-state index contributed by atoms with van der Waals surface area (Å²) in [7, 11) is 0. The van der Waals surface area contributed by atoms with E-state index in [1.807, 2.05) is 36.4 Å². The number of fused-ring (bicyclic) bond motifs is 2. The molecule has 1 fully saturated rings. The van der Waals surface area contributed by atoms with Crippen molar-refractivity contribution in [3.8, 4) is 6.07 Å². The molecule has 5 rings (SSSR count). The van der Waals surface area contributed by atoms with E-state index in [0.717, 1.165) is 46.4 Å². The molecule has 3 heterocycles. The minimum Gasteiger partial charge on any atom is -0.378 e. The Bertz CT molecular complexity index is 1280. The third-order valence-corrected chi connectivity index (χ3v) is 5.35. The molecule has 0 bridgehead atoms. The van der Waals surface area contributed by atoms with Gasteiger partial charge in [0.05, 0.1) is 35.3 Å². The number of aromatic amines is 1. The number of anilines is 1. The van der Waals surface area contributed by atoms with Gasteiger partial charge >= 0.3 is 0 Å². The zero-order valence-corrected chi connectivity index (χ0v) is 16.7. The first kappa shape index (κ1) is 18.3. The average Bonchev–Trinajstić information content (AvgIpc) is 3.21. The van der Waals surface area contributed by atoms with Crippen LogP contribution in [-0.2, 0) is 4.74 Å². The van der Waals surface area contributed by atoms with E-state index in [4.69, 9.17) is 9.72 Å². The van der Waals surface area contributed by atoms with Crippen LogP contribution in [0, 0.1) is 18.3 Å². The van der Waals surface area contributed by atoms with Crippen LogP contribution in [0.3, 0.4) is 0 Å². The number of para-hydroxylation sites is 2. The van der Waals surface area contributed by atoms with Crippen LogP contribution in [0.2, 0.25) is 0 Å². The van der Waals surface area contributed by atoms with Crippen molar-refractivity contribution >= 4 is 39.4 Å². The fourth-order valence-corrected chi connectivity index (χ4v) is 3.83. The summed E-state index contributed by atoms with van der Waals surface area (Å²) in [6.07, 6.45) is 1.89. The molecule has 2 aromatic heterocycles. The van der Waals surface area contributed by atoms with E-state index in [2.05, 4.69) is 46.1 Å². The summed E-state index contributed by atoms with van der Waals surface area (Å²) < 4.78 is 5.52. The van der Waals surface area contributed by atoms with Crippen molar-refractivity contribution in [2.45, 2.75) is 6.92 Å². The summed E-state index contributed by atoms with van der Waals surface area (Å²) >= 11 is 0. The number of nitrogens with one attached hydrogen (secondary N) is 1. The van der Waals surface area contributed by atoms with Gasteiger partial charge in [-0.15, -0.1) is 0 Å². The van der Waals surface area contributed by atoms with Gasteiger partial charge in [0.2, 0.25) is 0 Å². The predicted octanol–water partition coefficient (Wildman–Crippen LogP) is 4.32. The maximum atomic E-state index is 9.89. The molecule has 0 atom stereocenters. The third-order valence-electron chi connectivity index (χ3n) is 5.35. The van der Waals surface area contributed by atoms with Gasteiger partial charge in [-0.2, -0.15) is 5.26 Å². The molecule has 1 saturated heterocycles. The quantitative estimate of drug-likeness (QED) is 0.523. The number of nitrogens with zero attached hydrogens (tertiary/aromatic N) is 4. The number of imidazole rings is 1. The molecule has 4 aromatic rings. The van der Waals surface area contributed by atoms with Gasteiger partial charge < -0.3 is 14.6 Å². The highest BCUT2D eigenvalue weighted by molar-refractivity contribution is 5.94. The number of pyridine rings is 1. The van der Waals surface area contributed by atoms with Crippen LogP contribution in [0.25, 0.3) is 33.6 Å². The summed E-state index contributed by atoms with van der Waals surface area (Å²) in [5, 5.41) is 10.9. The first-order valence-electron chi connectivity index (χ1n) is 10.0. The van der Waals surface area contributed by atoms with Gasteiger partial charge in [-0.3, -0.25) is 0 Å². The second-order valence-electron chi connectivity index (χ2n) is 7.47. The first-order chi connectivity index (χ1) is 14.7. The van der Waals surface area contributed by atoms with E-state index < -0.39 is 0 Å². The number of ether oxygens (including phenoxy) is 1. The predicted molar refractivity (Wildman–Crippen MR) is 119 cm³/mol. The lowest BCUT2D eigenvalue weighted by Crippen LogP contribution is -2.37. The smallest absolute Gasteiger partial charge is 0.149 e. The van der Waals surface area contributed by atoms with Crippen LogP contribution in [0.15, 0.2) is 48.5 Å². The maximum absolute atomic E-state index is 9.89. The number of rotatable bonds is 3. The summed E-state index contributed by atoms with van der Waals surface area (Å²) in [6.45, 7) is 4.96. The van der Waals surface area contributed by atoms with Gasteiger partial charge in [-0.1, -0.05) is 23.8 Å². The summed E-state index contributed by atoms with van der Waals surface area (Å²) in [5.74, 6) is 1.44. The summed E-state index contributed by atoms with van der Waals surface area (Å²) in [6, 6.07) is 18.4. The van der Waals surface area contributed by atoms with Crippen LogP contribution >= 0.6 is 0 Å². The Balaban J connectivity index is 1.67. The Hall–Kier alpha value is -3.69. The lowest BCUT2D eigenvalue weighted by atomic mass is 10.1. The van der Waals surface area contributed by atoms with Crippen LogP contribution in [0.1, 0.15) is 17.0 Å². The second kappa shape index (κ2) is 7.62. The molecular formula is C24H21N5O. The molecule has 148 valence electrons. The topological polar surface area (TPSA) is 77.8 Å². The van der Waals surface area contributed by atoms with Gasteiger partial charge in [0.1, 0.15) is 17.7 Å². The van der Waals surface area contributed by atoms with Gasteiger partial charge in [-0.05, 0) is 43.3 Å². The second-order valence-corrected chi connectivity index (χ2v) is 7.47. The van der Waals surface area contributed by atoms with Gasteiger partial charge in [-0.25, -0.2) is 9.97 Å². The lowest BCUT2D eigenvalue weighted by molar-refractivity contribution is 0.122. The molecule has 1 aliphatic heterocycles. The Morgan fingerprint density at radius 2 is 1.93 bits per heavy atom. The van der Waals surface area contributed by atoms with Crippen LogP contribution in [-0.4, -0.2) is 41.3 Å². The Kier molecular flexibility index (Phi) is 4.66. The number of hydrogen-bond donors (Lipinski definition) is 1. The molecule has 6 heteroatoms. The number of hydrogen-bond acceptors (Lipinski definition) is 5. The number of allylic oxidation sites excluding steroid dienone is 1. The summed E-state index contributed by atoms with van der Waals surface area (Å²) in [4.78, 5) is 15.0.